The molecule has 122 valence electrons. The third-order valence-electron chi connectivity index (χ3n) is 4.36. The molecular weight excluding hydrogens is 327 g/mol. The van der Waals surface area contributed by atoms with Crippen molar-refractivity contribution in [3.05, 3.63) is 59.6 Å². The van der Waals surface area contributed by atoms with Crippen molar-refractivity contribution in [1.29, 1.82) is 0 Å². The van der Waals surface area contributed by atoms with E-state index < -0.39 is 0 Å². The normalized spacial score (nSPS) is 15.1. The van der Waals surface area contributed by atoms with Crippen molar-refractivity contribution in [2.24, 2.45) is 0 Å². The Kier molecular flexibility index (Phi) is 3.94. The second-order valence-electron chi connectivity index (χ2n) is 5.76. The number of hydrogen-bond acceptors (Lipinski definition) is 4. The van der Waals surface area contributed by atoms with Crippen molar-refractivity contribution in [2.75, 3.05) is 36.0 Å². The van der Waals surface area contributed by atoms with Crippen LogP contribution in [0, 0.1) is 5.82 Å². The Morgan fingerprint density at radius 1 is 0.875 bits per heavy atom. The molecule has 0 aliphatic carbocycles. The molecule has 3 aromatic rings. The third kappa shape index (κ3) is 2.65. The van der Waals surface area contributed by atoms with Crippen LogP contribution in [0.5, 0.6) is 0 Å². The molecule has 24 heavy (non-hydrogen) atoms. The quantitative estimate of drug-likeness (QED) is 0.710. The highest BCUT2D eigenvalue weighted by atomic mass is 35.5. The molecule has 4 nitrogen and oxygen atoms in total. The fourth-order valence-corrected chi connectivity index (χ4v) is 3.41. The number of piperazine rings is 1. The zero-order chi connectivity index (χ0) is 16.5. The van der Waals surface area contributed by atoms with Crippen LogP contribution >= 0.6 is 11.6 Å². The van der Waals surface area contributed by atoms with Crippen molar-refractivity contribution in [3.8, 4) is 0 Å². The smallest absolute Gasteiger partial charge is 0.142 e. The summed E-state index contributed by atoms with van der Waals surface area (Å²) in [5.74, 6) is 0.383. The molecule has 0 atom stereocenters. The van der Waals surface area contributed by atoms with E-state index in [-0.39, 0.29) is 5.82 Å². The number of hydrogen-bond donors (Lipinski definition) is 0. The molecule has 1 aliphatic rings. The second-order valence-corrected chi connectivity index (χ2v) is 6.16. The lowest BCUT2D eigenvalue weighted by molar-refractivity contribution is 0.630. The largest absolute Gasteiger partial charge is 0.367 e. The number of fused-ring (bicyclic) bond motifs is 1. The molecule has 1 saturated heterocycles. The molecule has 0 amide bonds. The molecular formula is C18H16ClFN4. The average molecular weight is 343 g/mol. The number of aromatic nitrogens is 2. The molecule has 2 aromatic carbocycles. The highest BCUT2D eigenvalue weighted by Crippen LogP contribution is 2.29. The van der Waals surface area contributed by atoms with E-state index in [9.17, 15) is 4.39 Å². The molecule has 1 fully saturated rings. The number of rotatable bonds is 2. The average Bonchev–Trinajstić information content (AvgIpc) is 2.62. The Hall–Kier alpha value is -2.40. The Morgan fingerprint density at radius 3 is 2.42 bits per heavy atom. The molecule has 2 heterocycles. The van der Waals surface area contributed by atoms with Crippen LogP contribution in [0.4, 0.5) is 15.9 Å². The zero-order valence-corrected chi connectivity index (χ0v) is 13.7. The minimum absolute atomic E-state index is 0.281. The van der Waals surface area contributed by atoms with Crippen LogP contribution < -0.4 is 9.80 Å². The van der Waals surface area contributed by atoms with Gasteiger partial charge in [0.15, 0.2) is 0 Å². The lowest BCUT2D eigenvalue weighted by atomic mass is 10.2. The van der Waals surface area contributed by atoms with Gasteiger partial charge in [-0.3, -0.25) is 0 Å². The van der Waals surface area contributed by atoms with Crippen molar-refractivity contribution in [3.63, 3.8) is 0 Å². The van der Waals surface area contributed by atoms with Crippen molar-refractivity contribution in [1.82, 2.24) is 9.97 Å². The van der Waals surface area contributed by atoms with E-state index in [4.69, 9.17) is 11.6 Å². The van der Waals surface area contributed by atoms with Crippen LogP contribution in [0.2, 0.25) is 5.02 Å². The molecule has 0 saturated carbocycles. The van der Waals surface area contributed by atoms with E-state index in [1.165, 1.54) is 12.4 Å². The molecule has 6 heteroatoms. The van der Waals surface area contributed by atoms with Gasteiger partial charge in [-0.25, -0.2) is 14.4 Å². The summed E-state index contributed by atoms with van der Waals surface area (Å²) in [6, 6.07) is 12.8. The number of nitrogens with zero attached hydrogens (tertiary/aromatic N) is 4. The van der Waals surface area contributed by atoms with E-state index in [2.05, 4.69) is 19.8 Å². The third-order valence-corrected chi connectivity index (χ3v) is 4.68. The first-order chi connectivity index (χ1) is 11.7. The molecule has 1 aromatic heterocycles. The van der Waals surface area contributed by atoms with E-state index in [1.807, 2.05) is 30.3 Å². The SMILES string of the molecule is Fc1cccc2ncnc(N3CCN(c4ccccc4Cl)CC3)c12. The fourth-order valence-electron chi connectivity index (χ4n) is 3.16. The number of halogens is 2. The first-order valence-corrected chi connectivity index (χ1v) is 8.25. The molecule has 1 aliphatic heterocycles. The lowest BCUT2D eigenvalue weighted by Gasteiger charge is -2.37. The van der Waals surface area contributed by atoms with Gasteiger partial charge in [-0.2, -0.15) is 0 Å². The first kappa shape index (κ1) is 15.1. The summed E-state index contributed by atoms with van der Waals surface area (Å²) in [6.07, 6.45) is 1.50. The summed E-state index contributed by atoms with van der Waals surface area (Å²) in [5, 5.41) is 1.25. The molecule has 0 radical (unpaired) electrons. The highest BCUT2D eigenvalue weighted by Gasteiger charge is 2.22. The molecule has 0 unspecified atom stereocenters. The predicted molar refractivity (Wildman–Crippen MR) is 95.4 cm³/mol. The number of para-hydroxylation sites is 1. The molecule has 0 spiro atoms. The van der Waals surface area contributed by atoms with Gasteiger partial charge in [-0.05, 0) is 24.3 Å². The molecule has 0 bridgehead atoms. The van der Waals surface area contributed by atoms with Crippen LogP contribution in [0.1, 0.15) is 0 Å². The van der Waals surface area contributed by atoms with Gasteiger partial charge in [0.2, 0.25) is 0 Å². The van der Waals surface area contributed by atoms with Gasteiger partial charge < -0.3 is 9.80 Å². The van der Waals surface area contributed by atoms with Crippen LogP contribution in [0.15, 0.2) is 48.8 Å². The van der Waals surface area contributed by atoms with E-state index in [0.717, 1.165) is 36.9 Å². The van der Waals surface area contributed by atoms with E-state index >= 15 is 0 Å². The monoisotopic (exact) mass is 342 g/mol. The molecule has 4 rings (SSSR count). The maximum Gasteiger partial charge on any atom is 0.142 e. The fraction of sp³-hybridized carbons (Fsp3) is 0.222. The maximum absolute atomic E-state index is 14.3. The van der Waals surface area contributed by atoms with Gasteiger partial charge in [-0.1, -0.05) is 29.8 Å². The van der Waals surface area contributed by atoms with Gasteiger partial charge >= 0.3 is 0 Å². The zero-order valence-electron chi connectivity index (χ0n) is 13.0. The predicted octanol–water partition coefficient (Wildman–Crippen LogP) is 3.75. The Labute approximate surface area is 144 Å². The van der Waals surface area contributed by atoms with E-state index in [1.54, 1.807) is 6.07 Å². The number of anilines is 2. The van der Waals surface area contributed by atoms with Crippen molar-refractivity contribution in [2.45, 2.75) is 0 Å². The summed E-state index contributed by atoms with van der Waals surface area (Å²) >= 11 is 6.28. The minimum Gasteiger partial charge on any atom is -0.367 e. The summed E-state index contributed by atoms with van der Waals surface area (Å²) < 4.78 is 14.3. The van der Waals surface area contributed by atoms with Gasteiger partial charge in [-0.15, -0.1) is 0 Å². The first-order valence-electron chi connectivity index (χ1n) is 7.88. The van der Waals surface area contributed by atoms with Gasteiger partial charge in [0.25, 0.3) is 0 Å². The second kappa shape index (κ2) is 6.24. The topological polar surface area (TPSA) is 32.3 Å². The number of benzene rings is 2. The standard InChI is InChI=1S/C18H16ClFN4/c19-13-4-1-2-7-16(13)23-8-10-24(11-9-23)18-17-14(20)5-3-6-15(17)21-12-22-18/h1-7,12H,8-11H2. The van der Waals surface area contributed by atoms with E-state index in [0.29, 0.717) is 16.7 Å². The highest BCUT2D eigenvalue weighted by molar-refractivity contribution is 6.33. The summed E-state index contributed by atoms with van der Waals surface area (Å²) in [7, 11) is 0. The van der Waals surface area contributed by atoms with Gasteiger partial charge in [0, 0.05) is 26.2 Å². The minimum atomic E-state index is -0.281. The Morgan fingerprint density at radius 2 is 1.62 bits per heavy atom. The summed E-state index contributed by atoms with van der Waals surface area (Å²) in [6.45, 7) is 3.13. The van der Waals surface area contributed by atoms with Crippen LogP contribution in [0.3, 0.4) is 0 Å². The van der Waals surface area contributed by atoms with Crippen molar-refractivity contribution < 1.29 is 4.39 Å². The maximum atomic E-state index is 14.3. The van der Waals surface area contributed by atoms with Crippen LogP contribution in [-0.4, -0.2) is 36.1 Å². The Balaban J connectivity index is 1.60. The lowest BCUT2D eigenvalue weighted by Crippen LogP contribution is -2.47. The van der Waals surface area contributed by atoms with Gasteiger partial charge in [0.05, 0.1) is 21.6 Å². The van der Waals surface area contributed by atoms with Crippen LogP contribution in [0.25, 0.3) is 10.9 Å². The van der Waals surface area contributed by atoms with Crippen molar-refractivity contribution >= 4 is 34.0 Å². The Bertz CT molecular complexity index is 873. The summed E-state index contributed by atoms with van der Waals surface area (Å²) in [4.78, 5) is 12.9. The summed E-state index contributed by atoms with van der Waals surface area (Å²) in [5.41, 5.74) is 1.67. The van der Waals surface area contributed by atoms with Crippen LogP contribution in [-0.2, 0) is 0 Å². The molecule has 0 N–H and O–H groups in total. The van der Waals surface area contributed by atoms with Gasteiger partial charge in [0.1, 0.15) is 18.0 Å².